The second-order valence-electron chi connectivity index (χ2n) is 6.90. The number of benzene rings is 2. The van der Waals surface area contributed by atoms with Gasteiger partial charge in [0.2, 0.25) is 16.9 Å². The molecule has 4 rings (SSSR count). The minimum Gasteiger partial charge on any atom is -0.497 e. The summed E-state index contributed by atoms with van der Waals surface area (Å²) in [5.74, 6) is -0.502. The number of anilines is 2. The van der Waals surface area contributed by atoms with E-state index < -0.39 is 5.92 Å². The van der Waals surface area contributed by atoms with Crippen molar-refractivity contribution >= 4 is 34.0 Å². The Labute approximate surface area is 176 Å². The molecule has 0 unspecified atom stereocenters. The van der Waals surface area contributed by atoms with Crippen molar-refractivity contribution in [3.8, 4) is 5.75 Å². The maximum atomic E-state index is 13.0. The number of carbonyl (C=O) groups excluding carboxylic acids is 2. The van der Waals surface area contributed by atoms with E-state index in [0.717, 1.165) is 5.56 Å². The lowest BCUT2D eigenvalue weighted by Crippen LogP contribution is -2.28. The maximum Gasteiger partial charge on any atom is 0.231 e. The van der Waals surface area contributed by atoms with E-state index in [1.807, 2.05) is 6.07 Å². The number of carbonyl (C=O) groups is 2. The zero-order chi connectivity index (χ0) is 21.1. The van der Waals surface area contributed by atoms with Crippen molar-refractivity contribution < 1.29 is 18.7 Å². The van der Waals surface area contributed by atoms with Crippen LogP contribution in [-0.4, -0.2) is 35.7 Å². The first-order valence-corrected chi connectivity index (χ1v) is 10.2. The fourth-order valence-corrected chi connectivity index (χ4v) is 4.05. The van der Waals surface area contributed by atoms with E-state index in [1.165, 1.54) is 23.5 Å². The molecule has 1 N–H and O–H groups in total. The first-order chi connectivity index (χ1) is 14.5. The summed E-state index contributed by atoms with van der Waals surface area (Å²) in [5.41, 5.74) is 1.60. The van der Waals surface area contributed by atoms with Crippen LogP contribution in [0.15, 0.2) is 48.5 Å². The molecule has 2 heterocycles. The van der Waals surface area contributed by atoms with Crippen LogP contribution >= 0.6 is 11.3 Å². The average molecular weight is 426 g/mol. The molecule has 9 heteroatoms. The van der Waals surface area contributed by atoms with Gasteiger partial charge in [-0.3, -0.25) is 9.59 Å². The van der Waals surface area contributed by atoms with E-state index in [9.17, 15) is 14.0 Å². The van der Waals surface area contributed by atoms with Gasteiger partial charge in [-0.1, -0.05) is 29.5 Å². The topological polar surface area (TPSA) is 84.4 Å². The molecule has 7 nitrogen and oxygen atoms in total. The summed E-state index contributed by atoms with van der Waals surface area (Å²) < 4.78 is 18.2. The lowest BCUT2D eigenvalue weighted by Gasteiger charge is -2.17. The molecular weight excluding hydrogens is 407 g/mol. The molecule has 1 saturated heterocycles. The fourth-order valence-electron chi connectivity index (χ4n) is 3.27. The first kappa shape index (κ1) is 20.0. The summed E-state index contributed by atoms with van der Waals surface area (Å²) >= 11 is 1.26. The molecule has 0 spiro atoms. The van der Waals surface area contributed by atoms with Crippen LogP contribution in [0.1, 0.15) is 17.0 Å². The number of aromatic nitrogens is 2. The lowest BCUT2D eigenvalue weighted by atomic mass is 10.1. The van der Waals surface area contributed by atoms with Crippen LogP contribution in [-0.2, 0) is 16.0 Å². The van der Waals surface area contributed by atoms with E-state index in [1.54, 1.807) is 42.3 Å². The smallest absolute Gasteiger partial charge is 0.231 e. The summed E-state index contributed by atoms with van der Waals surface area (Å²) in [6.45, 7) is 0.291. The highest BCUT2D eigenvalue weighted by Gasteiger charge is 2.35. The van der Waals surface area contributed by atoms with Gasteiger partial charge in [-0.25, -0.2) is 4.39 Å². The molecule has 2 aromatic carbocycles. The minimum absolute atomic E-state index is 0.113. The molecule has 1 aromatic heterocycles. The highest BCUT2D eigenvalue weighted by Crippen LogP contribution is 2.29. The van der Waals surface area contributed by atoms with Gasteiger partial charge in [0.05, 0.1) is 13.0 Å². The van der Waals surface area contributed by atoms with Gasteiger partial charge in [-0.15, -0.1) is 10.2 Å². The van der Waals surface area contributed by atoms with Gasteiger partial charge in [-0.2, -0.15) is 0 Å². The third-order valence-corrected chi connectivity index (χ3v) is 5.67. The number of amides is 2. The summed E-state index contributed by atoms with van der Waals surface area (Å²) in [4.78, 5) is 26.7. The number of hydrogen-bond acceptors (Lipinski definition) is 6. The van der Waals surface area contributed by atoms with Gasteiger partial charge < -0.3 is 15.0 Å². The third-order valence-electron chi connectivity index (χ3n) is 4.83. The minimum atomic E-state index is -0.479. The van der Waals surface area contributed by atoms with Gasteiger partial charge in [-0.05, 0) is 29.8 Å². The molecule has 1 aliphatic rings. The van der Waals surface area contributed by atoms with Crippen molar-refractivity contribution in [1.82, 2.24) is 10.2 Å². The Balaban J connectivity index is 1.38. The first-order valence-electron chi connectivity index (χ1n) is 9.34. The van der Waals surface area contributed by atoms with E-state index in [4.69, 9.17) is 4.74 Å². The highest BCUT2D eigenvalue weighted by molar-refractivity contribution is 7.15. The van der Waals surface area contributed by atoms with E-state index in [2.05, 4.69) is 15.5 Å². The Kier molecular flexibility index (Phi) is 5.71. The van der Waals surface area contributed by atoms with Crippen molar-refractivity contribution in [3.63, 3.8) is 0 Å². The summed E-state index contributed by atoms with van der Waals surface area (Å²) in [6.07, 6.45) is 0.629. The largest absolute Gasteiger partial charge is 0.497 e. The number of nitrogens with zero attached hydrogens (tertiary/aromatic N) is 3. The van der Waals surface area contributed by atoms with Crippen molar-refractivity contribution in [2.24, 2.45) is 5.92 Å². The second kappa shape index (κ2) is 8.58. The predicted octanol–water partition coefficient (Wildman–Crippen LogP) is 3.27. The van der Waals surface area contributed by atoms with Crippen LogP contribution in [0.25, 0.3) is 0 Å². The number of ether oxygens (including phenoxy) is 1. The van der Waals surface area contributed by atoms with Crippen LogP contribution < -0.4 is 15.0 Å². The van der Waals surface area contributed by atoms with Gasteiger partial charge in [0.25, 0.3) is 0 Å². The number of nitrogens with one attached hydrogen (secondary N) is 1. The Morgan fingerprint density at radius 2 is 2.07 bits per heavy atom. The molecule has 0 radical (unpaired) electrons. The van der Waals surface area contributed by atoms with Crippen LogP contribution in [0.4, 0.5) is 15.2 Å². The van der Waals surface area contributed by atoms with Crippen molar-refractivity contribution in [2.45, 2.75) is 12.8 Å². The molecular formula is C21H19FN4O3S. The third kappa shape index (κ3) is 4.46. The Morgan fingerprint density at radius 3 is 2.83 bits per heavy atom. The average Bonchev–Trinajstić information content (AvgIpc) is 3.36. The maximum absolute atomic E-state index is 13.0. The summed E-state index contributed by atoms with van der Waals surface area (Å²) in [7, 11) is 1.56. The van der Waals surface area contributed by atoms with Gasteiger partial charge in [0.1, 0.15) is 16.6 Å². The number of rotatable bonds is 6. The van der Waals surface area contributed by atoms with Crippen LogP contribution in [0.2, 0.25) is 0 Å². The predicted molar refractivity (Wildman–Crippen MR) is 111 cm³/mol. The number of methoxy groups -OCH3 is 1. The molecule has 1 aliphatic heterocycles. The van der Waals surface area contributed by atoms with Gasteiger partial charge >= 0.3 is 0 Å². The molecule has 2 amide bonds. The Morgan fingerprint density at radius 1 is 1.27 bits per heavy atom. The van der Waals surface area contributed by atoms with E-state index in [0.29, 0.717) is 34.5 Å². The molecule has 1 fully saturated rings. The molecule has 0 saturated carbocycles. The summed E-state index contributed by atoms with van der Waals surface area (Å²) in [5, 5.41) is 11.9. The standard InChI is InChI=1S/C21H19FN4O3S/c1-29-17-4-2-3-16(11-17)26-12-14(10-19(26)27)20(28)23-21-25-24-18(30-21)9-13-5-7-15(22)8-6-13/h2-8,11,14H,9-10,12H2,1H3,(H,23,25,28)/t14-/m1/s1. The quantitative estimate of drug-likeness (QED) is 0.654. The van der Waals surface area contributed by atoms with Crippen molar-refractivity contribution in [2.75, 3.05) is 23.9 Å². The molecule has 0 aliphatic carbocycles. The molecule has 3 aromatic rings. The van der Waals surface area contributed by atoms with Crippen LogP contribution in [0, 0.1) is 11.7 Å². The van der Waals surface area contributed by atoms with Crippen LogP contribution in [0.5, 0.6) is 5.75 Å². The number of halogens is 1. The number of hydrogen-bond donors (Lipinski definition) is 1. The Hall–Kier alpha value is -3.33. The molecule has 30 heavy (non-hydrogen) atoms. The molecule has 154 valence electrons. The lowest BCUT2D eigenvalue weighted by molar-refractivity contribution is -0.122. The zero-order valence-electron chi connectivity index (χ0n) is 16.2. The van der Waals surface area contributed by atoms with Gasteiger partial charge in [0.15, 0.2) is 0 Å². The van der Waals surface area contributed by atoms with Crippen LogP contribution in [0.3, 0.4) is 0 Å². The highest BCUT2D eigenvalue weighted by atomic mass is 32.1. The SMILES string of the molecule is COc1cccc(N2C[C@H](C(=O)Nc3nnc(Cc4ccc(F)cc4)s3)CC2=O)c1. The second-order valence-corrected chi connectivity index (χ2v) is 7.96. The fraction of sp³-hybridized carbons (Fsp3) is 0.238. The van der Waals surface area contributed by atoms with Crippen molar-refractivity contribution in [3.05, 3.63) is 64.9 Å². The zero-order valence-corrected chi connectivity index (χ0v) is 17.0. The molecule has 0 bridgehead atoms. The van der Waals surface area contributed by atoms with E-state index in [-0.39, 0.29) is 24.1 Å². The Bertz CT molecular complexity index is 1070. The van der Waals surface area contributed by atoms with Gasteiger partial charge in [0, 0.05) is 31.1 Å². The molecule has 1 atom stereocenters. The van der Waals surface area contributed by atoms with Crippen molar-refractivity contribution in [1.29, 1.82) is 0 Å². The van der Waals surface area contributed by atoms with E-state index >= 15 is 0 Å². The summed E-state index contributed by atoms with van der Waals surface area (Å²) in [6, 6.07) is 13.3. The monoisotopic (exact) mass is 426 g/mol. The normalized spacial score (nSPS) is 16.0.